The molecule has 0 aromatic carbocycles. The number of aliphatic hydroxyl groups is 3. The molecule has 5 N–H and O–H groups in total. The van der Waals surface area contributed by atoms with Gasteiger partial charge in [-0.2, -0.15) is 4.98 Å². The lowest BCUT2D eigenvalue weighted by atomic mass is 9.95. The maximum absolute atomic E-state index is 14.0. The summed E-state index contributed by atoms with van der Waals surface area (Å²) >= 11 is 0. The van der Waals surface area contributed by atoms with Crippen molar-refractivity contribution in [2.45, 2.75) is 30.7 Å². The average molecular weight is 275 g/mol. The van der Waals surface area contributed by atoms with Gasteiger partial charge in [0.25, 0.3) is 5.85 Å². The van der Waals surface area contributed by atoms with Gasteiger partial charge < -0.3 is 25.8 Å². The van der Waals surface area contributed by atoms with Gasteiger partial charge in [0.2, 0.25) is 0 Å². The number of ether oxygens (including phenoxy) is 1. The Morgan fingerprint density at radius 3 is 2.79 bits per heavy atom. The van der Waals surface area contributed by atoms with Crippen LogP contribution < -0.4 is 11.4 Å². The molecule has 0 spiro atoms. The van der Waals surface area contributed by atoms with Crippen LogP contribution in [-0.2, 0) is 4.74 Å². The zero-order valence-electron chi connectivity index (χ0n) is 10.0. The molecular weight excluding hydrogens is 261 g/mol. The SMILES string of the molecule is CC1(O)C(n2ccc(N)nc2=O)OC(F)(CO)C1O. The fourth-order valence-corrected chi connectivity index (χ4v) is 2.01. The monoisotopic (exact) mass is 275 g/mol. The number of hydrogen-bond donors (Lipinski definition) is 4. The Balaban J connectivity index is 2.48. The first kappa shape index (κ1) is 13.9. The van der Waals surface area contributed by atoms with Crippen molar-refractivity contribution in [3.8, 4) is 0 Å². The highest BCUT2D eigenvalue weighted by Crippen LogP contribution is 2.44. The first-order valence-electron chi connectivity index (χ1n) is 5.45. The van der Waals surface area contributed by atoms with Crippen LogP contribution in [0.2, 0.25) is 0 Å². The molecule has 0 aliphatic carbocycles. The molecule has 106 valence electrons. The highest BCUT2D eigenvalue weighted by Gasteiger charge is 2.62. The lowest BCUT2D eigenvalue weighted by Gasteiger charge is -2.27. The van der Waals surface area contributed by atoms with Crippen LogP contribution in [0.5, 0.6) is 0 Å². The first-order valence-corrected chi connectivity index (χ1v) is 5.45. The molecule has 4 unspecified atom stereocenters. The molecule has 1 aromatic heterocycles. The van der Waals surface area contributed by atoms with Gasteiger partial charge in [0, 0.05) is 6.20 Å². The molecule has 1 fully saturated rings. The zero-order chi connectivity index (χ0) is 14.4. The molecule has 19 heavy (non-hydrogen) atoms. The Labute approximate surface area is 106 Å². The van der Waals surface area contributed by atoms with E-state index in [1.54, 1.807) is 0 Å². The van der Waals surface area contributed by atoms with Crippen molar-refractivity contribution in [3.05, 3.63) is 22.7 Å². The molecule has 1 aliphatic rings. The average Bonchev–Trinajstić information content (AvgIpc) is 2.51. The van der Waals surface area contributed by atoms with E-state index in [4.69, 9.17) is 15.6 Å². The maximum Gasteiger partial charge on any atom is 0.351 e. The number of halogens is 1. The largest absolute Gasteiger partial charge is 0.390 e. The third-order valence-corrected chi connectivity index (χ3v) is 3.09. The number of aromatic nitrogens is 2. The predicted octanol–water partition coefficient (Wildman–Crippen LogP) is -1.88. The van der Waals surface area contributed by atoms with E-state index >= 15 is 0 Å². The van der Waals surface area contributed by atoms with Crippen molar-refractivity contribution < 1.29 is 24.4 Å². The third-order valence-electron chi connectivity index (χ3n) is 3.09. The molecule has 1 aromatic rings. The van der Waals surface area contributed by atoms with Crippen LogP contribution in [0.15, 0.2) is 17.1 Å². The molecule has 0 saturated carbocycles. The second-order valence-electron chi connectivity index (χ2n) is 4.59. The van der Waals surface area contributed by atoms with Crippen LogP contribution in [0.3, 0.4) is 0 Å². The van der Waals surface area contributed by atoms with Crippen molar-refractivity contribution >= 4 is 5.82 Å². The number of anilines is 1. The molecule has 0 radical (unpaired) electrons. The molecule has 0 amide bonds. The Bertz CT molecular complexity index is 548. The topological polar surface area (TPSA) is 131 Å². The number of rotatable bonds is 2. The van der Waals surface area contributed by atoms with Gasteiger partial charge in [0.1, 0.15) is 24.1 Å². The van der Waals surface area contributed by atoms with Gasteiger partial charge in [-0.15, -0.1) is 0 Å². The summed E-state index contributed by atoms with van der Waals surface area (Å²) in [4.78, 5) is 15.0. The summed E-state index contributed by atoms with van der Waals surface area (Å²) in [6.45, 7) is -0.0832. The second-order valence-corrected chi connectivity index (χ2v) is 4.59. The van der Waals surface area contributed by atoms with E-state index < -0.39 is 36.1 Å². The first-order chi connectivity index (χ1) is 8.72. The number of aliphatic hydroxyl groups excluding tert-OH is 2. The lowest BCUT2D eigenvalue weighted by Crippen LogP contribution is -2.49. The summed E-state index contributed by atoms with van der Waals surface area (Å²) in [5, 5.41) is 28.7. The third kappa shape index (κ3) is 2.00. The van der Waals surface area contributed by atoms with Crippen molar-refractivity contribution in [3.63, 3.8) is 0 Å². The molecule has 2 heterocycles. The Hall–Kier alpha value is -1.55. The summed E-state index contributed by atoms with van der Waals surface area (Å²) in [6.07, 6.45) is -2.42. The van der Waals surface area contributed by atoms with Gasteiger partial charge in [-0.05, 0) is 13.0 Å². The van der Waals surface area contributed by atoms with Crippen molar-refractivity contribution in [2.75, 3.05) is 12.3 Å². The molecule has 1 saturated heterocycles. The number of nitrogens with zero attached hydrogens (tertiary/aromatic N) is 2. The van der Waals surface area contributed by atoms with E-state index in [0.29, 0.717) is 0 Å². The van der Waals surface area contributed by atoms with E-state index in [1.807, 2.05) is 0 Å². The fraction of sp³-hybridized carbons (Fsp3) is 0.600. The van der Waals surface area contributed by atoms with E-state index in [0.717, 1.165) is 17.7 Å². The molecule has 1 aliphatic heterocycles. The number of alkyl halides is 1. The Kier molecular flexibility index (Phi) is 3.09. The standard InChI is InChI=1S/C10H14FN3O5/c1-9(18)6(16)10(11,4-15)19-7(9)14-3-2-5(12)13-8(14)17/h2-3,6-7,15-16,18H,4H2,1H3,(H2,12,13,17). The van der Waals surface area contributed by atoms with Crippen molar-refractivity contribution in [1.82, 2.24) is 9.55 Å². The van der Waals surface area contributed by atoms with Crippen LogP contribution in [0, 0.1) is 0 Å². The Morgan fingerprint density at radius 2 is 2.32 bits per heavy atom. The molecule has 4 atom stereocenters. The quantitative estimate of drug-likeness (QED) is 0.497. The van der Waals surface area contributed by atoms with Gasteiger partial charge in [-0.1, -0.05) is 0 Å². The van der Waals surface area contributed by atoms with Crippen LogP contribution in [0.25, 0.3) is 0 Å². The van der Waals surface area contributed by atoms with Crippen LogP contribution >= 0.6 is 0 Å². The molecule has 0 bridgehead atoms. The predicted molar refractivity (Wildman–Crippen MR) is 60.6 cm³/mol. The Morgan fingerprint density at radius 1 is 1.68 bits per heavy atom. The van der Waals surface area contributed by atoms with E-state index in [1.165, 1.54) is 6.07 Å². The number of hydrogen-bond acceptors (Lipinski definition) is 7. The number of nitrogen functional groups attached to an aromatic ring is 1. The summed E-state index contributed by atoms with van der Waals surface area (Å²) in [6, 6.07) is 1.25. The second kappa shape index (κ2) is 4.23. The summed E-state index contributed by atoms with van der Waals surface area (Å²) in [5.41, 5.74) is 2.31. The number of nitrogens with two attached hydrogens (primary N) is 1. The molecule has 8 nitrogen and oxygen atoms in total. The van der Waals surface area contributed by atoms with Crippen LogP contribution in [-0.4, -0.2) is 49.0 Å². The van der Waals surface area contributed by atoms with Crippen molar-refractivity contribution in [1.29, 1.82) is 0 Å². The van der Waals surface area contributed by atoms with Crippen LogP contribution in [0.1, 0.15) is 13.2 Å². The summed E-state index contributed by atoms with van der Waals surface area (Å²) in [7, 11) is 0. The fourth-order valence-electron chi connectivity index (χ4n) is 2.01. The maximum atomic E-state index is 14.0. The summed E-state index contributed by atoms with van der Waals surface area (Å²) in [5.74, 6) is -2.91. The zero-order valence-corrected chi connectivity index (χ0v) is 10.0. The normalized spacial score (nSPS) is 38.6. The smallest absolute Gasteiger partial charge is 0.351 e. The van der Waals surface area contributed by atoms with Gasteiger partial charge in [-0.3, -0.25) is 4.57 Å². The van der Waals surface area contributed by atoms with E-state index in [-0.39, 0.29) is 5.82 Å². The summed E-state index contributed by atoms with van der Waals surface area (Å²) < 4.78 is 19.6. The highest BCUT2D eigenvalue weighted by molar-refractivity contribution is 5.24. The van der Waals surface area contributed by atoms with Gasteiger partial charge >= 0.3 is 5.69 Å². The molecular formula is C10H14FN3O5. The van der Waals surface area contributed by atoms with E-state index in [9.17, 15) is 19.4 Å². The highest BCUT2D eigenvalue weighted by atomic mass is 19.2. The van der Waals surface area contributed by atoms with Gasteiger partial charge in [0.15, 0.2) is 6.23 Å². The van der Waals surface area contributed by atoms with Crippen molar-refractivity contribution in [2.24, 2.45) is 0 Å². The van der Waals surface area contributed by atoms with Gasteiger partial charge in [-0.25, -0.2) is 9.18 Å². The van der Waals surface area contributed by atoms with Gasteiger partial charge in [0.05, 0.1) is 0 Å². The van der Waals surface area contributed by atoms with Crippen LogP contribution in [0.4, 0.5) is 10.2 Å². The minimum Gasteiger partial charge on any atom is -0.390 e. The van der Waals surface area contributed by atoms with E-state index in [2.05, 4.69) is 4.98 Å². The lowest BCUT2D eigenvalue weighted by molar-refractivity contribution is -0.207. The molecule has 2 rings (SSSR count). The minimum atomic E-state index is -2.87. The molecule has 9 heteroatoms. The minimum absolute atomic E-state index is 0.0480.